The minimum atomic E-state index is -1.15. The number of carboxylic acids is 2. The molecule has 0 aromatic rings. The van der Waals surface area contributed by atoms with E-state index in [2.05, 4.69) is 6.92 Å². The number of hydrogen-bond acceptors (Lipinski definition) is 2. The second kappa shape index (κ2) is 7.04. The van der Waals surface area contributed by atoms with Crippen molar-refractivity contribution in [3.63, 3.8) is 0 Å². The highest BCUT2D eigenvalue weighted by atomic mass is 16.4. The Bertz CT molecular complexity index is 266. The molecule has 15 heavy (non-hydrogen) atoms. The molecule has 0 spiro atoms. The SMILES string of the molecule is CCCCCCC(C(=O)O)=C(C)C(=O)O. The van der Waals surface area contributed by atoms with E-state index in [9.17, 15) is 9.59 Å². The van der Waals surface area contributed by atoms with Crippen LogP contribution in [0.1, 0.15) is 46.0 Å². The van der Waals surface area contributed by atoms with Gasteiger partial charge >= 0.3 is 11.9 Å². The highest BCUT2D eigenvalue weighted by molar-refractivity contribution is 5.98. The van der Waals surface area contributed by atoms with Crippen molar-refractivity contribution in [2.24, 2.45) is 0 Å². The van der Waals surface area contributed by atoms with E-state index < -0.39 is 11.9 Å². The summed E-state index contributed by atoms with van der Waals surface area (Å²) >= 11 is 0. The van der Waals surface area contributed by atoms with Crippen LogP contribution >= 0.6 is 0 Å². The number of rotatable bonds is 7. The Labute approximate surface area is 89.6 Å². The van der Waals surface area contributed by atoms with Crippen molar-refractivity contribution >= 4 is 11.9 Å². The number of aliphatic carboxylic acids is 2. The number of hydrogen-bond donors (Lipinski definition) is 2. The van der Waals surface area contributed by atoms with E-state index >= 15 is 0 Å². The van der Waals surface area contributed by atoms with Gasteiger partial charge in [0.25, 0.3) is 0 Å². The van der Waals surface area contributed by atoms with Crippen molar-refractivity contribution in [2.75, 3.05) is 0 Å². The largest absolute Gasteiger partial charge is 0.478 e. The molecule has 2 N–H and O–H groups in total. The summed E-state index contributed by atoms with van der Waals surface area (Å²) < 4.78 is 0. The van der Waals surface area contributed by atoms with Gasteiger partial charge in [0.1, 0.15) is 0 Å². The van der Waals surface area contributed by atoms with E-state index in [1.54, 1.807) is 0 Å². The lowest BCUT2D eigenvalue weighted by Crippen LogP contribution is -2.09. The fourth-order valence-electron chi connectivity index (χ4n) is 1.31. The fraction of sp³-hybridized carbons (Fsp3) is 0.636. The zero-order chi connectivity index (χ0) is 11.8. The molecule has 0 amide bonds. The summed E-state index contributed by atoms with van der Waals surface area (Å²) in [4.78, 5) is 21.4. The summed E-state index contributed by atoms with van der Waals surface area (Å²) in [5.41, 5.74) is -0.0300. The van der Waals surface area contributed by atoms with Crippen molar-refractivity contribution in [1.82, 2.24) is 0 Å². The lowest BCUT2D eigenvalue weighted by Gasteiger charge is -2.04. The van der Waals surface area contributed by atoms with Crippen LogP contribution in [0.4, 0.5) is 0 Å². The molecule has 0 saturated carbocycles. The zero-order valence-electron chi connectivity index (χ0n) is 9.25. The maximum atomic E-state index is 10.8. The number of carboxylic acid groups (broad SMARTS) is 2. The van der Waals surface area contributed by atoms with Crippen LogP contribution in [0.15, 0.2) is 11.1 Å². The van der Waals surface area contributed by atoms with Gasteiger partial charge in [-0.15, -0.1) is 0 Å². The molecule has 4 heteroatoms. The van der Waals surface area contributed by atoms with Gasteiger partial charge < -0.3 is 10.2 Å². The first-order valence-electron chi connectivity index (χ1n) is 5.17. The summed E-state index contributed by atoms with van der Waals surface area (Å²) in [7, 11) is 0. The van der Waals surface area contributed by atoms with Crippen LogP contribution in [0.25, 0.3) is 0 Å². The molecule has 86 valence electrons. The summed E-state index contributed by atoms with van der Waals surface area (Å²) in [5.74, 6) is -2.27. The maximum absolute atomic E-state index is 10.8. The zero-order valence-corrected chi connectivity index (χ0v) is 9.25. The minimum Gasteiger partial charge on any atom is -0.478 e. The van der Waals surface area contributed by atoms with Crippen LogP contribution in [-0.2, 0) is 9.59 Å². The van der Waals surface area contributed by atoms with E-state index in [1.807, 2.05) is 0 Å². The molecule has 0 aliphatic heterocycles. The summed E-state index contributed by atoms with van der Waals surface area (Å²) in [5, 5.41) is 17.5. The van der Waals surface area contributed by atoms with Crippen LogP contribution in [0.3, 0.4) is 0 Å². The van der Waals surface area contributed by atoms with Gasteiger partial charge in [-0.05, 0) is 19.8 Å². The van der Waals surface area contributed by atoms with E-state index in [-0.39, 0.29) is 11.1 Å². The van der Waals surface area contributed by atoms with Crippen LogP contribution in [0, 0.1) is 0 Å². The van der Waals surface area contributed by atoms with Crippen LogP contribution in [0.2, 0.25) is 0 Å². The van der Waals surface area contributed by atoms with Gasteiger partial charge in [0.05, 0.1) is 0 Å². The molecule has 0 radical (unpaired) electrons. The third-order valence-corrected chi connectivity index (χ3v) is 2.31. The van der Waals surface area contributed by atoms with Crippen LogP contribution in [0.5, 0.6) is 0 Å². The summed E-state index contributed by atoms with van der Waals surface area (Å²) in [6, 6.07) is 0. The van der Waals surface area contributed by atoms with Crippen molar-refractivity contribution in [3.8, 4) is 0 Å². The van der Waals surface area contributed by atoms with Crippen molar-refractivity contribution < 1.29 is 19.8 Å². The molecular formula is C11H18O4. The first-order chi connectivity index (χ1) is 7.00. The maximum Gasteiger partial charge on any atom is 0.332 e. The molecule has 4 nitrogen and oxygen atoms in total. The number of unbranched alkanes of at least 4 members (excludes halogenated alkanes) is 3. The molecule has 0 aliphatic carbocycles. The molecule has 0 aromatic heterocycles. The predicted octanol–water partition coefficient (Wildman–Crippen LogP) is 2.44. The standard InChI is InChI=1S/C11H18O4/c1-3-4-5-6-7-9(11(14)15)8(2)10(12)13/h3-7H2,1-2H3,(H,12,13)(H,14,15). The van der Waals surface area contributed by atoms with E-state index in [4.69, 9.17) is 10.2 Å². The van der Waals surface area contributed by atoms with Gasteiger partial charge in [-0.3, -0.25) is 0 Å². The topological polar surface area (TPSA) is 74.6 Å². The van der Waals surface area contributed by atoms with Gasteiger partial charge in [-0.25, -0.2) is 9.59 Å². The molecule has 0 unspecified atom stereocenters. The van der Waals surface area contributed by atoms with Crippen LogP contribution < -0.4 is 0 Å². The quantitative estimate of drug-likeness (QED) is 0.504. The average Bonchev–Trinajstić information content (AvgIpc) is 2.16. The number of carbonyl (C=O) groups is 2. The first kappa shape index (κ1) is 13.7. The lowest BCUT2D eigenvalue weighted by atomic mass is 10.0. The molecular weight excluding hydrogens is 196 g/mol. The second-order valence-electron chi connectivity index (χ2n) is 3.52. The molecule has 0 heterocycles. The summed E-state index contributed by atoms with van der Waals surface area (Å²) in [6.07, 6.45) is 4.15. The Kier molecular flexibility index (Phi) is 6.42. The van der Waals surface area contributed by atoms with Gasteiger partial charge in [-0.1, -0.05) is 26.2 Å². The Morgan fingerprint density at radius 3 is 2.00 bits per heavy atom. The van der Waals surface area contributed by atoms with Crippen molar-refractivity contribution in [1.29, 1.82) is 0 Å². The Balaban J connectivity index is 4.36. The minimum absolute atomic E-state index is 0.0265. The third-order valence-electron chi connectivity index (χ3n) is 2.31. The fourth-order valence-corrected chi connectivity index (χ4v) is 1.31. The molecule has 0 aromatic carbocycles. The van der Waals surface area contributed by atoms with Crippen molar-refractivity contribution in [3.05, 3.63) is 11.1 Å². The van der Waals surface area contributed by atoms with Gasteiger partial charge in [-0.2, -0.15) is 0 Å². The highest BCUT2D eigenvalue weighted by Gasteiger charge is 2.15. The van der Waals surface area contributed by atoms with Crippen molar-refractivity contribution in [2.45, 2.75) is 46.0 Å². The average molecular weight is 214 g/mol. The van der Waals surface area contributed by atoms with E-state index in [1.165, 1.54) is 6.92 Å². The van der Waals surface area contributed by atoms with Gasteiger partial charge in [0.2, 0.25) is 0 Å². The molecule has 0 aliphatic rings. The Morgan fingerprint density at radius 2 is 1.60 bits per heavy atom. The van der Waals surface area contributed by atoms with Crippen LogP contribution in [-0.4, -0.2) is 22.2 Å². The molecule has 0 bridgehead atoms. The highest BCUT2D eigenvalue weighted by Crippen LogP contribution is 2.14. The first-order valence-corrected chi connectivity index (χ1v) is 5.17. The Morgan fingerprint density at radius 1 is 1.00 bits per heavy atom. The van der Waals surface area contributed by atoms with Gasteiger partial charge in [0, 0.05) is 11.1 Å². The molecule has 0 atom stereocenters. The van der Waals surface area contributed by atoms with E-state index in [0.717, 1.165) is 25.7 Å². The normalized spacial score (nSPS) is 12.1. The lowest BCUT2D eigenvalue weighted by molar-refractivity contribution is -0.136. The molecule has 0 fully saturated rings. The molecule has 0 saturated heterocycles. The van der Waals surface area contributed by atoms with Gasteiger partial charge in [0.15, 0.2) is 0 Å². The third kappa shape index (κ3) is 5.20. The Hall–Kier alpha value is -1.32. The predicted molar refractivity (Wildman–Crippen MR) is 56.7 cm³/mol. The second-order valence-corrected chi connectivity index (χ2v) is 3.52. The smallest absolute Gasteiger partial charge is 0.332 e. The summed E-state index contributed by atoms with van der Waals surface area (Å²) in [6.45, 7) is 3.40. The molecule has 0 rings (SSSR count). The van der Waals surface area contributed by atoms with E-state index in [0.29, 0.717) is 6.42 Å². The monoisotopic (exact) mass is 214 g/mol.